The Kier molecular flexibility index (Phi) is 4.24. The summed E-state index contributed by atoms with van der Waals surface area (Å²) in [4.78, 5) is 15.1. The SMILES string of the molecule is O=C(c1cccs1)N1CCCCC1CCCl. The molecule has 1 aromatic heterocycles. The summed E-state index contributed by atoms with van der Waals surface area (Å²) < 4.78 is 0. The first-order chi connectivity index (χ1) is 7.83. The Labute approximate surface area is 105 Å². The normalized spacial score (nSPS) is 21.1. The molecule has 0 spiro atoms. The van der Waals surface area contributed by atoms with Crippen LogP contribution in [0.1, 0.15) is 35.4 Å². The zero-order valence-electron chi connectivity index (χ0n) is 9.19. The van der Waals surface area contributed by atoms with Crippen LogP contribution in [0.2, 0.25) is 0 Å². The molecule has 2 heterocycles. The van der Waals surface area contributed by atoms with E-state index >= 15 is 0 Å². The van der Waals surface area contributed by atoms with Crippen molar-refractivity contribution in [2.75, 3.05) is 12.4 Å². The van der Waals surface area contributed by atoms with Gasteiger partial charge in [-0.25, -0.2) is 0 Å². The molecule has 2 nitrogen and oxygen atoms in total. The van der Waals surface area contributed by atoms with Crippen LogP contribution >= 0.6 is 22.9 Å². The lowest BCUT2D eigenvalue weighted by molar-refractivity contribution is 0.0614. The van der Waals surface area contributed by atoms with Crippen molar-refractivity contribution < 1.29 is 4.79 Å². The minimum absolute atomic E-state index is 0.185. The van der Waals surface area contributed by atoms with Crippen LogP contribution in [0.4, 0.5) is 0 Å². The molecule has 1 unspecified atom stereocenters. The molecule has 1 fully saturated rings. The van der Waals surface area contributed by atoms with Gasteiger partial charge in [0.15, 0.2) is 0 Å². The van der Waals surface area contributed by atoms with Gasteiger partial charge in [0.2, 0.25) is 0 Å². The van der Waals surface area contributed by atoms with Crippen LogP contribution in [0.15, 0.2) is 17.5 Å². The van der Waals surface area contributed by atoms with Crippen molar-refractivity contribution in [2.24, 2.45) is 0 Å². The van der Waals surface area contributed by atoms with Crippen LogP contribution in [-0.4, -0.2) is 29.3 Å². The van der Waals surface area contributed by atoms with E-state index in [1.165, 1.54) is 17.8 Å². The van der Waals surface area contributed by atoms with Gasteiger partial charge in [0.25, 0.3) is 5.91 Å². The minimum Gasteiger partial charge on any atom is -0.335 e. The topological polar surface area (TPSA) is 20.3 Å². The number of hydrogen-bond donors (Lipinski definition) is 0. The number of hydrogen-bond acceptors (Lipinski definition) is 2. The highest BCUT2D eigenvalue weighted by Gasteiger charge is 2.27. The maximum Gasteiger partial charge on any atom is 0.264 e. The number of nitrogens with zero attached hydrogens (tertiary/aromatic N) is 1. The Morgan fingerprint density at radius 3 is 3.12 bits per heavy atom. The third kappa shape index (κ3) is 2.58. The second-order valence-electron chi connectivity index (χ2n) is 4.10. The Hall–Kier alpha value is -0.540. The highest BCUT2D eigenvalue weighted by Crippen LogP contribution is 2.23. The number of piperidine rings is 1. The van der Waals surface area contributed by atoms with Crippen LogP contribution in [-0.2, 0) is 0 Å². The van der Waals surface area contributed by atoms with Crippen molar-refractivity contribution in [1.29, 1.82) is 0 Å². The van der Waals surface area contributed by atoms with E-state index in [1.54, 1.807) is 0 Å². The molecule has 4 heteroatoms. The molecule has 1 aliphatic rings. The average Bonchev–Trinajstić information content (AvgIpc) is 2.83. The molecule has 16 heavy (non-hydrogen) atoms. The molecule has 1 saturated heterocycles. The molecule has 0 aromatic carbocycles. The van der Waals surface area contributed by atoms with Crippen LogP contribution in [0.25, 0.3) is 0 Å². The second-order valence-corrected chi connectivity index (χ2v) is 5.43. The van der Waals surface area contributed by atoms with Gasteiger partial charge in [-0.05, 0) is 37.1 Å². The molecule has 0 radical (unpaired) electrons. The zero-order valence-corrected chi connectivity index (χ0v) is 10.8. The smallest absolute Gasteiger partial charge is 0.264 e. The number of halogens is 1. The van der Waals surface area contributed by atoms with Crippen molar-refractivity contribution in [1.82, 2.24) is 4.90 Å². The lowest BCUT2D eigenvalue weighted by Crippen LogP contribution is -2.43. The maximum atomic E-state index is 12.2. The van der Waals surface area contributed by atoms with Crippen LogP contribution in [0.3, 0.4) is 0 Å². The fourth-order valence-electron chi connectivity index (χ4n) is 2.24. The molecule has 1 atom stereocenters. The Balaban J connectivity index is 2.08. The van der Waals surface area contributed by atoms with Crippen molar-refractivity contribution in [3.63, 3.8) is 0 Å². The number of carbonyl (C=O) groups excluding carboxylic acids is 1. The van der Waals surface area contributed by atoms with E-state index in [0.717, 1.165) is 30.7 Å². The molecule has 0 saturated carbocycles. The largest absolute Gasteiger partial charge is 0.335 e. The van der Waals surface area contributed by atoms with E-state index in [9.17, 15) is 4.79 Å². The number of likely N-dealkylation sites (tertiary alicyclic amines) is 1. The second kappa shape index (κ2) is 5.69. The van der Waals surface area contributed by atoms with Gasteiger partial charge in [-0.3, -0.25) is 4.79 Å². The Morgan fingerprint density at radius 1 is 1.56 bits per heavy atom. The number of carbonyl (C=O) groups is 1. The summed E-state index contributed by atoms with van der Waals surface area (Å²) in [5, 5.41) is 1.95. The van der Waals surface area contributed by atoms with Crippen LogP contribution < -0.4 is 0 Å². The summed E-state index contributed by atoms with van der Waals surface area (Å²) in [6.45, 7) is 0.887. The number of amides is 1. The Morgan fingerprint density at radius 2 is 2.44 bits per heavy atom. The summed E-state index contributed by atoms with van der Waals surface area (Å²) >= 11 is 7.32. The molecule has 88 valence electrons. The zero-order chi connectivity index (χ0) is 11.4. The standard InChI is InChI=1S/C12H16ClNOS/c13-7-6-10-4-1-2-8-14(10)12(15)11-5-3-9-16-11/h3,5,9-10H,1-2,4,6-8H2. The fraction of sp³-hybridized carbons (Fsp3) is 0.583. The Bertz CT molecular complexity index is 337. The predicted molar refractivity (Wildman–Crippen MR) is 68.3 cm³/mol. The van der Waals surface area contributed by atoms with Gasteiger partial charge in [-0.2, -0.15) is 0 Å². The van der Waals surface area contributed by atoms with E-state index in [0.29, 0.717) is 11.9 Å². The first-order valence-corrected chi connectivity index (χ1v) is 7.15. The van der Waals surface area contributed by atoms with Gasteiger partial charge in [-0.15, -0.1) is 22.9 Å². The molecule has 1 amide bonds. The maximum absolute atomic E-state index is 12.2. The fourth-order valence-corrected chi connectivity index (χ4v) is 3.17. The van der Waals surface area contributed by atoms with E-state index < -0.39 is 0 Å². The third-order valence-electron chi connectivity index (χ3n) is 3.06. The van der Waals surface area contributed by atoms with Gasteiger partial charge in [0.05, 0.1) is 4.88 Å². The highest BCUT2D eigenvalue weighted by molar-refractivity contribution is 7.12. The van der Waals surface area contributed by atoms with E-state index in [1.807, 2.05) is 22.4 Å². The van der Waals surface area contributed by atoms with Crippen molar-refractivity contribution in [2.45, 2.75) is 31.7 Å². The monoisotopic (exact) mass is 257 g/mol. The summed E-state index contributed by atoms with van der Waals surface area (Å²) in [5.41, 5.74) is 0. The van der Waals surface area contributed by atoms with Crippen molar-refractivity contribution in [3.8, 4) is 0 Å². The molecule has 1 aliphatic heterocycles. The van der Waals surface area contributed by atoms with Gasteiger partial charge in [0.1, 0.15) is 0 Å². The third-order valence-corrected chi connectivity index (χ3v) is 4.14. The van der Waals surface area contributed by atoms with Crippen LogP contribution in [0, 0.1) is 0 Å². The van der Waals surface area contributed by atoms with Gasteiger partial charge >= 0.3 is 0 Å². The van der Waals surface area contributed by atoms with Crippen molar-refractivity contribution in [3.05, 3.63) is 22.4 Å². The molecular formula is C12H16ClNOS. The molecule has 0 N–H and O–H groups in total. The van der Waals surface area contributed by atoms with E-state index in [-0.39, 0.29) is 5.91 Å². The predicted octanol–water partition coefficient (Wildman–Crippen LogP) is 3.37. The highest BCUT2D eigenvalue weighted by atomic mass is 35.5. The van der Waals surface area contributed by atoms with Gasteiger partial charge in [-0.1, -0.05) is 6.07 Å². The minimum atomic E-state index is 0.185. The molecule has 2 rings (SSSR count). The number of alkyl halides is 1. The van der Waals surface area contributed by atoms with E-state index in [4.69, 9.17) is 11.6 Å². The lowest BCUT2D eigenvalue weighted by atomic mass is 10.00. The molecule has 1 aromatic rings. The summed E-state index contributed by atoms with van der Waals surface area (Å²) in [6, 6.07) is 4.18. The molecule has 0 aliphatic carbocycles. The van der Waals surface area contributed by atoms with E-state index in [2.05, 4.69) is 0 Å². The van der Waals surface area contributed by atoms with Gasteiger partial charge in [0, 0.05) is 18.5 Å². The lowest BCUT2D eigenvalue weighted by Gasteiger charge is -2.35. The average molecular weight is 258 g/mol. The first-order valence-electron chi connectivity index (χ1n) is 5.73. The summed E-state index contributed by atoms with van der Waals surface area (Å²) in [7, 11) is 0. The number of rotatable bonds is 3. The van der Waals surface area contributed by atoms with Crippen molar-refractivity contribution >= 4 is 28.8 Å². The summed E-state index contributed by atoms with van der Waals surface area (Å²) in [6.07, 6.45) is 4.36. The quantitative estimate of drug-likeness (QED) is 0.761. The van der Waals surface area contributed by atoms with Crippen LogP contribution in [0.5, 0.6) is 0 Å². The van der Waals surface area contributed by atoms with Gasteiger partial charge < -0.3 is 4.90 Å². The summed E-state index contributed by atoms with van der Waals surface area (Å²) in [5.74, 6) is 0.823. The molecule has 0 bridgehead atoms. The molecular weight excluding hydrogens is 242 g/mol. The first kappa shape index (κ1) is 11.9. The number of thiophene rings is 1.